The zero-order valence-corrected chi connectivity index (χ0v) is 19.8. The van der Waals surface area contributed by atoms with Gasteiger partial charge in [0.1, 0.15) is 17.7 Å². The number of nitrogens with zero attached hydrogens (tertiary/aromatic N) is 3. The summed E-state index contributed by atoms with van der Waals surface area (Å²) in [6, 6.07) is 8.60. The second-order valence-corrected chi connectivity index (χ2v) is 9.41. The summed E-state index contributed by atoms with van der Waals surface area (Å²) in [6.45, 7) is 1.95. The molecule has 0 spiro atoms. The maximum absolute atomic E-state index is 13.7. The van der Waals surface area contributed by atoms with Gasteiger partial charge >= 0.3 is 5.97 Å². The molecule has 1 saturated carbocycles. The summed E-state index contributed by atoms with van der Waals surface area (Å²) in [5.41, 5.74) is 4.46. The number of aromatic amines is 1. The third-order valence-corrected chi connectivity index (χ3v) is 6.71. The number of fused-ring (bicyclic) bond motifs is 1. The fourth-order valence-electron chi connectivity index (χ4n) is 4.53. The van der Waals surface area contributed by atoms with Gasteiger partial charge in [-0.15, -0.1) is 0 Å². The molecule has 1 aliphatic carbocycles. The number of carboxylic acids is 1. The molecule has 0 bridgehead atoms. The first-order valence-electron chi connectivity index (χ1n) is 11.5. The van der Waals surface area contributed by atoms with Crippen molar-refractivity contribution in [2.45, 2.75) is 45.1 Å². The minimum Gasteiger partial charge on any atom is -0.481 e. The number of H-pyrrole nitrogens is 1. The Morgan fingerprint density at radius 1 is 1.14 bits per heavy atom. The number of benzene rings is 1. The Morgan fingerprint density at radius 3 is 2.60 bits per heavy atom. The molecule has 3 aromatic heterocycles. The van der Waals surface area contributed by atoms with Crippen molar-refractivity contribution >= 4 is 28.6 Å². The highest BCUT2D eigenvalue weighted by Gasteiger charge is 2.25. The van der Waals surface area contributed by atoms with Crippen LogP contribution >= 0.6 is 11.6 Å². The molecule has 0 aliphatic heterocycles. The Kier molecular flexibility index (Phi) is 6.38. The van der Waals surface area contributed by atoms with Crippen LogP contribution in [0, 0.1) is 18.7 Å². The molecule has 180 valence electrons. The van der Waals surface area contributed by atoms with Crippen LogP contribution in [-0.4, -0.2) is 37.1 Å². The fraction of sp³-hybridized carbons (Fsp3) is 0.308. The second kappa shape index (κ2) is 9.62. The number of nitrogens with one attached hydrogen (secondary N) is 1. The summed E-state index contributed by atoms with van der Waals surface area (Å²) >= 11 is 5.86. The number of carboxylic acid groups (broad SMARTS) is 1. The van der Waals surface area contributed by atoms with E-state index < -0.39 is 11.8 Å². The molecule has 0 radical (unpaired) electrons. The number of hydrogen-bond donors (Lipinski definition) is 2. The van der Waals surface area contributed by atoms with Crippen LogP contribution < -0.4 is 4.74 Å². The lowest BCUT2D eigenvalue weighted by Crippen LogP contribution is -2.25. The van der Waals surface area contributed by atoms with E-state index in [9.17, 15) is 9.18 Å². The summed E-state index contributed by atoms with van der Waals surface area (Å²) in [5, 5.41) is 9.01. The SMILES string of the molecule is Cc1cc(-c2ccc(-c3nc4cc(Cl)c(F)cc4[nH]3)cn2)cnc1OC1CCC(CC(=O)O)CC1. The van der Waals surface area contributed by atoms with Crippen LogP contribution in [0.3, 0.4) is 0 Å². The van der Waals surface area contributed by atoms with E-state index in [2.05, 4.69) is 19.9 Å². The van der Waals surface area contributed by atoms with Crippen LogP contribution in [0.1, 0.15) is 37.7 Å². The van der Waals surface area contributed by atoms with Gasteiger partial charge in [-0.05, 0) is 62.8 Å². The van der Waals surface area contributed by atoms with Crippen LogP contribution in [0.5, 0.6) is 5.88 Å². The highest BCUT2D eigenvalue weighted by molar-refractivity contribution is 6.31. The van der Waals surface area contributed by atoms with Crippen LogP contribution in [0.4, 0.5) is 4.39 Å². The quantitative estimate of drug-likeness (QED) is 0.331. The number of aliphatic carboxylic acids is 1. The molecule has 2 N–H and O–H groups in total. The molecule has 4 aromatic rings. The number of halogens is 2. The number of rotatable bonds is 6. The molecule has 3 heterocycles. The zero-order valence-electron chi connectivity index (χ0n) is 19.1. The lowest BCUT2D eigenvalue weighted by Gasteiger charge is -2.28. The number of imidazole rings is 1. The van der Waals surface area contributed by atoms with Crippen molar-refractivity contribution in [1.82, 2.24) is 19.9 Å². The Bertz CT molecular complexity index is 1340. The minimum atomic E-state index is -0.734. The average Bonchev–Trinajstić information content (AvgIpc) is 3.24. The molecule has 1 aliphatic rings. The molecule has 0 unspecified atom stereocenters. The van der Waals surface area contributed by atoms with E-state index in [1.807, 2.05) is 25.1 Å². The first-order chi connectivity index (χ1) is 16.9. The van der Waals surface area contributed by atoms with Gasteiger partial charge in [-0.1, -0.05) is 11.6 Å². The molecule has 35 heavy (non-hydrogen) atoms. The van der Waals surface area contributed by atoms with Gasteiger partial charge in [0.15, 0.2) is 0 Å². The summed E-state index contributed by atoms with van der Waals surface area (Å²) in [5.74, 6) is 0.180. The zero-order chi connectivity index (χ0) is 24.5. The van der Waals surface area contributed by atoms with E-state index in [1.54, 1.807) is 12.4 Å². The monoisotopic (exact) mass is 494 g/mol. The lowest BCUT2D eigenvalue weighted by molar-refractivity contribution is -0.138. The molecule has 0 atom stereocenters. The number of carbonyl (C=O) groups is 1. The molecule has 9 heteroatoms. The molecule has 7 nitrogen and oxygen atoms in total. The maximum atomic E-state index is 13.7. The van der Waals surface area contributed by atoms with Gasteiger partial charge in [0.25, 0.3) is 0 Å². The van der Waals surface area contributed by atoms with E-state index in [0.717, 1.165) is 48.1 Å². The third-order valence-electron chi connectivity index (χ3n) is 6.42. The number of aryl methyl sites for hydroxylation is 1. The predicted molar refractivity (Wildman–Crippen MR) is 131 cm³/mol. The van der Waals surface area contributed by atoms with Crippen molar-refractivity contribution in [2.24, 2.45) is 5.92 Å². The third kappa shape index (κ3) is 5.12. The first-order valence-corrected chi connectivity index (χ1v) is 11.9. The van der Waals surface area contributed by atoms with E-state index >= 15 is 0 Å². The predicted octanol–water partition coefficient (Wildman–Crippen LogP) is 6.20. The summed E-state index contributed by atoms with van der Waals surface area (Å²) in [4.78, 5) is 27.6. The summed E-state index contributed by atoms with van der Waals surface area (Å²) < 4.78 is 19.8. The van der Waals surface area contributed by atoms with E-state index in [0.29, 0.717) is 22.7 Å². The first kappa shape index (κ1) is 23.2. The molecule has 0 amide bonds. The largest absolute Gasteiger partial charge is 0.481 e. The molecular formula is C26H24ClFN4O3. The van der Waals surface area contributed by atoms with Crippen LogP contribution in [0.2, 0.25) is 5.02 Å². The lowest BCUT2D eigenvalue weighted by atomic mass is 9.85. The standard InChI is InChI=1S/C26H24ClFN4O3/c1-14-8-17(13-30-26(14)35-18-5-2-15(3-6-18)9-24(33)34)21-7-4-16(12-29-21)25-31-22-10-19(27)20(28)11-23(22)32-25/h4,7-8,10-13,15,18H,2-3,5-6,9H2,1H3,(H,31,32)(H,33,34). The highest BCUT2D eigenvalue weighted by atomic mass is 35.5. The van der Waals surface area contributed by atoms with Crippen LogP contribution in [0.25, 0.3) is 33.7 Å². The normalized spacial score (nSPS) is 18.0. The van der Waals surface area contributed by atoms with Gasteiger partial charge in [-0.2, -0.15) is 0 Å². The van der Waals surface area contributed by atoms with Crippen LogP contribution in [-0.2, 0) is 4.79 Å². The van der Waals surface area contributed by atoms with E-state index in [4.69, 9.17) is 21.4 Å². The van der Waals surface area contributed by atoms with Gasteiger partial charge in [0, 0.05) is 41.6 Å². The number of hydrogen-bond acceptors (Lipinski definition) is 5. The van der Waals surface area contributed by atoms with Crippen molar-refractivity contribution < 1.29 is 19.0 Å². The number of pyridine rings is 2. The topological polar surface area (TPSA) is 101 Å². The molecular weight excluding hydrogens is 471 g/mol. The second-order valence-electron chi connectivity index (χ2n) is 9.01. The van der Waals surface area contributed by atoms with E-state index in [-0.39, 0.29) is 23.5 Å². The Hall–Kier alpha value is -3.52. The Balaban J connectivity index is 1.27. The summed E-state index contributed by atoms with van der Waals surface area (Å²) in [6.07, 6.45) is 7.13. The average molecular weight is 495 g/mol. The van der Waals surface area contributed by atoms with Gasteiger partial charge in [-0.25, -0.2) is 14.4 Å². The van der Waals surface area contributed by atoms with Crippen molar-refractivity contribution in [1.29, 1.82) is 0 Å². The minimum absolute atomic E-state index is 0.0326. The van der Waals surface area contributed by atoms with E-state index in [1.165, 1.54) is 12.1 Å². The number of aromatic nitrogens is 4. The Morgan fingerprint density at radius 2 is 1.91 bits per heavy atom. The van der Waals surface area contributed by atoms with Crippen molar-refractivity contribution in [3.8, 4) is 28.5 Å². The fourth-order valence-corrected chi connectivity index (χ4v) is 4.69. The van der Waals surface area contributed by atoms with Gasteiger partial charge in [0.2, 0.25) is 5.88 Å². The Labute approximate surface area is 206 Å². The van der Waals surface area contributed by atoms with Gasteiger partial charge in [-0.3, -0.25) is 9.78 Å². The highest BCUT2D eigenvalue weighted by Crippen LogP contribution is 2.31. The van der Waals surface area contributed by atoms with Gasteiger partial charge < -0.3 is 14.8 Å². The van der Waals surface area contributed by atoms with Crippen molar-refractivity contribution in [3.05, 3.63) is 59.1 Å². The van der Waals surface area contributed by atoms with Crippen molar-refractivity contribution in [2.75, 3.05) is 0 Å². The number of ether oxygens (including phenoxy) is 1. The van der Waals surface area contributed by atoms with Gasteiger partial charge in [0.05, 0.1) is 21.7 Å². The molecule has 0 saturated heterocycles. The van der Waals surface area contributed by atoms with Crippen molar-refractivity contribution in [3.63, 3.8) is 0 Å². The van der Waals surface area contributed by atoms with Crippen LogP contribution in [0.15, 0.2) is 42.7 Å². The molecule has 1 fully saturated rings. The smallest absolute Gasteiger partial charge is 0.303 e. The molecule has 5 rings (SSSR count). The summed E-state index contributed by atoms with van der Waals surface area (Å²) in [7, 11) is 0. The maximum Gasteiger partial charge on any atom is 0.303 e. The molecule has 1 aromatic carbocycles.